The van der Waals surface area contributed by atoms with Gasteiger partial charge in [0.15, 0.2) is 0 Å². The zero-order chi connectivity index (χ0) is 14.8. The van der Waals surface area contributed by atoms with Crippen LogP contribution in [0.3, 0.4) is 0 Å². The summed E-state index contributed by atoms with van der Waals surface area (Å²) < 4.78 is 0. The van der Waals surface area contributed by atoms with Crippen LogP contribution < -0.4 is 0 Å². The Hall–Kier alpha value is -1.31. The van der Waals surface area contributed by atoms with Crippen LogP contribution in [-0.2, 0) is 4.79 Å². The van der Waals surface area contributed by atoms with E-state index in [-0.39, 0.29) is 10.8 Å². The van der Waals surface area contributed by atoms with Crippen molar-refractivity contribution in [3.63, 3.8) is 0 Å². The number of aliphatic hydroxyl groups is 1. The Morgan fingerprint density at radius 3 is 2.86 bits per heavy atom. The quantitative estimate of drug-likeness (QED) is 0.718. The molecule has 21 heavy (non-hydrogen) atoms. The summed E-state index contributed by atoms with van der Waals surface area (Å²) >= 11 is 0. The van der Waals surface area contributed by atoms with E-state index >= 15 is 0 Å². The van der Waals surface area contributed by atoms with Gasteiger partial charge in [0.1, 0.15) is 11.5 Å². The van der Waals surface area contributed by atoms with Crippen LogP contribution in [0, 0.1) is 28.6 Å². The fourth-order valence-corrected chi connectivity index (χ4v) is 5.73. The minimum atomic E-state index is -0.0563. The molecule has 0 aliphatic heterocycles. The van der Waals surface area contributed by atoms with Crippen molar-refractivity contribution in [2.75, 3.05) is 0 Å². The minimum absolute atomic E-state index is 0.0438. The number of carbonyl (C=O) groups excluding carboxylic acids is 1. The summed E-state index contributed by atoms with van der Waals surface area (Å²) in [5, 5.41) is 9.77. The molecule has 0 amide bonds. The zero-order valence-electron chi connectivity index (χ0n) is 12.9. The predicted octanol–water partition coefficient (Wildman–Crippen LogP) is 4.35. The molecule has 0 heterocycles. The Labute approximate surface area is 126 Å². The standard InChI is InChI=1S/C19H24O2/c1-18-9-7-13(20)11-12(18)3-4-14-15-5-6-17(21)19(15,2)10-8-16(14)18/h3,7,9,11,14-16,20H,4-6,8,10H2,1-2H3/t14-,15-,16+,18-,19-/m0/s1. The molecule has 2 saturated carbocycles. The maximum atomic E-state index is 12.3. The van der Waals surface area contributed by atoms with Gasteiger partial charge >= 0.3 is 0 Å². The summed E-state index contributed by atoms with van der Waals surface area (Å²) in [6, 6.07) is 0. The molecule has 0 saturated heterocycles. The molecule has 0 spiro atoms. The van der Waals surface area contributed by atoms with Crippen molar-refractivity contribution in [1.82, 2.24) is 0 Å². The molecule has 4 rings (SSSR count). The lowest BCUT2D eigenvalue weighted by atomic mass is 9.50. The Bertz CT molecular complexity index is 597. The van der Waals surface area contributed by atoms with Gasteiger partial charge in [-0.3, -0.25) is 4.79 Å². The number of ketones is 1. The van der Waals surface area contributed by atoms with E-state index in [4.69, 9.17) is 0 Å². The maximum Gasteiger partial charge on any atom is 0.139 e. The molecular weight excluding hydrogens is 260 g/mol. The lowest BCUT2D eigenvalue weighted by molar-refractivity contribution is -0.131. The van der Waals surface area contributed by atoms with Gasteiger partial charge in [-0.1, -0.05) is 26.0 Å². The Kier molecular flexibility index (Phi) is 2.62. The minimum Gasteiger partial charge on any atom is -0.508 e. The molecule has 112 valence electrons. The average molecular weight is 284 g/mol. The smallest absolute Gasteiger partial charge is 0.139 e. The third kappa shape index (κ3) is 1.62. The Morgan fingerprint density at radius 1 is 1.24 bits per heavy atom. The summed E-state index contributed by atoms with van der Waals surface area (Å²) in [5.41, 5.74) is 1.26. The summed E-state index contributed by atoms with van der Waals surface area (Å²) in [4.78, 5) is 12.3. The molecule has 2 nitrogen and oxygen atoms in total. The topological polar surface area (TPSA) is 37.3 Å². The first-order valence-electron chi connectivity index (χ1n) is 8.29. The SMILES string of the molecule is C[C@]12C=CC(O)=CC1=CC[C@@H]1[C@H]2CC[C@]2(C)C(=O)CC[C@@H]12. The molecule has 4 aliphatic rings. The van der Waals surface area contributed by atoms with Crippen LogP contribution in [0.15, 0.2) is 35.6 Å². The van der Waals surface area contributed by atoms with Gasteiger partial charge in [-0.25, -0.2) is 0 Å². The van der Waals surface area contributed by atoms with Gasteiger partial charge in [-0.2, -0.15) is 0 Å². The van der Waals surface area contributed by atoms with Crippen LogP contribution in [0.2, 0.25) is 0 Å². The highest BCUT2D eigenvalue weighted by molar-refractivity contribution is 5.87. The van der Waals surface area contributed by atoms with Crippen LogP contribution >= 0.6 is 0 Å². The number of carbonyl (C=O) groups is 1. The molecule has 0 bridgehead atoms. The molecule has 1 N–H and O–H groups in total. The second-order valence-electron chi connectivity index (χ2n) is 7.88. The fraction of sp³-hybridized carbons (Fsp3) is 0.632. The Morgan fingerprint density at radius 2 is 2.05 bits per heavy atom. The summed E-state index contributed by atoms with van der Waals surface area (Å²) in [6.07, 6.45) is 13.4. The van der Waals surface area contributed by atoms with Crippen molar-refractivity contribution in [1.29, 1.82) is 0 Å². The molecule has 0 unspecified atom stereocenters. The first-order valence-corrected chi connectivity index (χ1v) is 8.29. The lowest BCUT2D eigenvalue weighted by Gasteiger charge is -2.54. The number of allylic oxidation sites excluding steroid dienone is 5. The Balaban J connectivity index is 1.75. The zero-order valence-corrected chi connectivity index (χ0v) is 12.9. The van der Waals surface area contributed by atoms with E-state index in [0.29, 0.717) is 29.3 Å². The van der Waals surface area contributed by atoms with E-state index in [1.807, 2.05) is 12.2 Å². The molecule has 0 aromatic rings. The summed E-state index contributed by atoms with van der Waals surface area (Å²) in [6.45, 7) is 4.53. The molecule has 5 atom stereocenters. The normalized spacial score (nSPS) is 48.1. The van der Waals surface area contributed by atoms with Crippen LogP contribution in [0.1, 0.15) is 46.0 Å². The lowest BCUT2D eigenvalue weighted by Crippen LogP contribution is -2.48. The van der Waals surface area contributed by atoms with Crippen molar-refractivity contribution >= 4 is 5.78 Å². The van der Waals surface area contributed by atoms with E-state index in [0.717, 1.165) is 32.1 Å². The monoisotopic (exact) mass is 284 g/mol. The third-order valence-corrected chi connectivity index (χ3v) is 7.05. The number of hydrogen-bond acceptors (Lipinski definition) is 2. The van der Waals surface area contributed by atoms with Crippen LogP contribution in [-0.4, -0.2) is 10.9 Å². The number of aliphatic hydroxyl groups excluding tert-OH is 1. The molecule has 0 radical (unpaired) electrons. The number of hydrogen-bond donors (Lipinski definition) is 1. The van der Waals surface area contributed by atoms with Gasteiger partial charge in [0.25, 0.3) is 0 Å². The first-order chi connectivity index (χ1) is 9.95. The average Bonchev–Trinajstić information content (AvgIpc) is 2.76. The largest absolute Gasteiger partial charge is 0.508 e. The highest BCUT2D eigenvalue weighted by atomic mass is 16.3. The molecular formula is C19H24O2. The van der Waals surface area contributed by atoms with Crippen LogP contribution in [0.25, 0.3) is 0 Å². The second kappa shape index (κ2) is 4.12. The van der Waals surface area contributed by atoms with Gasteiger partial charge in [0.05, 0.1) is 0 Å². The first kappa shape index (κ1) is 13.4. The molecule has 0 aromatic carbocycles. The van der Waals surface area contributed by atoms with Crippen molar-refractivity contribution in [3.8, 4) is 0 Å². The molecule has 4 aliphatic carbocycles. The van der Waals surface area contributed by atoms with Gasteiger partial charge in [-0.15, -0.1) is 0 Å². The number of fused-ring (bicyclic) bond motifs is 5. The van der Waals surface area contributed by atoms with Gasteiger partial charge < -0.3 is 5.11 Å². The van der Waals surface area contributed by atoms with E-state index in [9.17, 15) is 9.90 Å². The number of Topliss-reactive ketones (excluding diaryl/α,β-unsaturated/α-hetero) is 1. The maximum absolute atomic E-state index is 12.3. The van der Waals surface area contributed by atoms with E-state index < -0.39 is 0 Å². The second-order valence-corrected chi connectivity index (χ2v) is 7.88. The fourth-order valence-electron chi connectivity index (χ4n) is 5.73. The van der Waals surface area contributed by atoms with Crippen molar-refractivity contribution in [2.45, 2.75) is 46.0 Å². The third-order valence-electron chi connectivity index (χ3n) is 7.05. The van der Waals surface area contributed by atoms with Gasteiger partial charge in [0.2, 0.25) is 0 Å². The van der Waals surface area contributed by atoms with Gasteiger partial charge in [-0.05, 0) is 61.2 Å². The summed E-state index contributed by atoms with van der Waals surface area (Å²) in [5.74, 6) is 2.67. The van der Waals surface area contributed by atoms with Crippen molar-refractivity contribution in [2.24, 2.45) is 28.6 Å². The van der Waals surface area contributed by atoms with Crippen LogP contribution in [0.4, 0.5) is 0 Å². The van der Waals surface area contributed by atoms with E-state index in [1.54, 1.807) is 0 Å². The molecule has 0 aromatic heterocycles. The molecule has 2 heteroatoms. The van der Waals surface area contributed by atoms with Crippen LogP contribution in [0.5, 0.6) is 0 Å². The van der Waals surface area contributed by atoms with E-state index in [1.165, 1.54) is 5.57 Å². The van der Waals surface area contributed by atoms with Crippen molar-refractivity contribution in [3.05, 3.63) is 35.6 Å². The summed E-state index contributed by atoms with van der Waals surface area (Å²) in [7, 11) is 0. The highest BCUT2D eigenvalue weighted by Gasteiger charge is 2.57. The van der Waals surface area contributed by atoms with Crippen molar-refractivity contribution < 1.29 is 9.90 Å². The number of rotatable bonds is 0. The highest BCUT2D eigenvalue weighted by Crippen LogP contribution is 2.62. The predicted molar refractivity (Wildman–Crippen MR) is 82.7 cm³/mol. The van der Waals surface area contributed by atoms with Gasteiger partial charge in [0, 0.05) is 17.3 Å². The molecule has 2 fully saturated rings. The van der Waals surface area contributed by atoms with E-state index in [2.05, 4.69) is 26.0 Å².